The second-order valence-electron chi connectivity index (χ2n) is 4.60. The maximum atomic E-state index is 11.1. The van der Waals surface area contributed by atoms with Gasteiger partial charge in [0, 0.05) is 23.2 Å². The number of anilines is 1. The van der Waals surface area contributed by atoms with Crippen LogP contribution in [-0.2, 0) is 0 Å². The van der Waals surface area contributed by atoms with E-state index in [0.29, 0.717) is 17.0 Å². The molecule has 98 valence electrons. The molecule has 2 unspecified atom stereocenters. The van der Waals surface area contributed by atoms with E-state index < -0.39 is 5.91 Å². The largest absolute Gasteiger partial charge is 0.381 e. The van der Waals surface area contributed by atoms with Crippen molar-refractivity contribution in [2.75, 3.05) is 11.6 Å². The molecule has 0 bridgehead atoms. The van der Waals surface area contributed by atoms with Gasteiger partial charge in [-0.25, -0.2) is 0 Å². The molecule has 4 nitrogen and oxygen atoms in total. The summed E-state index contributed by atoms with van der Waals surface area (Å²) < 4.78 is 0. The number of nitrogens with one attached hydrogen (secondary N) is 1. The van der Waals surface area contributed by atoms with Crippen LogP contribution in [0.3, 0.4) is 0 Å². The molecule has 0 aliphatic heterocycles. The normalized spacial score (nSPS) is 23.6. The number of hydrogen-bond acceptors (Lipinski definition) is 4. The number of primary amides is 1. The maximum absolute atomic E-state index is 11.1. The molecule has 1 fully saturated rings. The van der Waals surface area contributed by atoms with E-state index in [1.165, 1.54) is 25.7 Å². The highest BCUT2D eigenvalue weighted by Crippen LogP contribution is 2.29. The number of carbonyl (C=O) groups excluding carboxylic acids is 1. The Balaban J connectivity index is 2.07. The van der Waals surface area contributed by atoms with Crippen molar-refractivity contribution in [1.29, 1.82) is 0 Å². The molecule has 1 aromatic heterocycles. The van der Waals surface area contributed by atoms with Gasteiger partial charge in [-0.3, -0.25) is 9.78 Å². The number of nitrogens with zero attached hydrogens (tertiary/aromatic N) is 1. The number of nitrogens with two attached hydrogens (primary N) is 1. The van der Waals surface area contributed by atoms with Crippen LogP contribution in [0.2, 0.25) is 0 Å². The fraction of sp³-hybridized carbons (Fsp3) is 0.538. The monoisotopic (exact) mass is 265 g/mol. The number of carbonyl (C=O) groups is 1. The molecule has 18 heavy (non-hydrogen) atoms. The summed E-state index contributed by atoms with van der Waals surface area (Å²) in [6, 6.07) is 4.09. The minimum absolute atomic E-state index is 0.316. The van der Waals surface area contributed by atoms with Crippen LogP contribution in [0.1, 0.15) is 36.2 Å². The van der Waals surface area contributed by atoms with Crippen molar-refractivity contribution in [3.05, 3.63) is 24.0 Å². The molecule has 5 heteroatoms. The third kappa shape index (κ3) is 3.16. The van der Waals surface area contributed by atoms with Crippen molar-refractivity contribution in [3.8, 4) is 0 Å². The highest BCUT2D eigenvalue weighted by molar-refractivity contribution is 7.99. The van der Waals surface area contributed by atoms with Crippen LogP contribution in [0.5, 0.6) is 0 Å². The van der Waals surface area contributed by atoms with E-state index in [1.807, 2.05) is 17.8 Å². The topological polar surface area (TPSA) is 68.0 Å². The highest BCUT2D eigenvalue weighted by atomic mass is 32.2. The van der Waals surface area contributed by atoms with Crippen LogP contribution in [0, 0.1) is 0 Å². The zero-order valence-electron chi connectivity index (χ0n) is 10.6. The van der Waals surface area contributed by atoms with Gasteiger partial charge < -0.3 is 11.1 Å². The Kier molecular flexibility index (Phi) is 4.47. The number of thioether (sulfide) groups is 1. The fourth-order valence-electron chi connectivity index (χ4n) is 2.41. The van der Waals surface area contributed by atoms with Crippen LogP contribution < -0.4 is 11.1 Å². The molecule has 1 aromatic rings. The summed E-state index contributed by atoms with van der Waals surface area (Å²) in [7, 11) is 0. The lowest BCUT2D eigenvalue weighted by Gasteiger charge is -2.31. The number of pyridine rings is 1. The zero-order valence-corrected chi connectivity index (χ0v) is 11.4. The average molecular weight is 265 g/mol. The Morgan fingerprint density at radius 1 is 1.50 bits per heavy atom. The number of aromatic nitrogens is 1. The van der Waals surface area contributed by atoms with Crippen LogP contribution in [-0.4, -0.2) is 28.4 Å². The van der Waals surface area contributed by atoms with Gasteiger partial charge in [0.05, 0.1) is 0 Å². The summed E-state index contributed by atoms with van der Waals surface area (Å²) in [5, 5.41) is 4.15. The Bertz CT molecular complexity index is 424. The first-order valence-corrected chi connectivity index (χ1v) is 7.54. The summed E-state index contributed by atoms with van der Waals surface area (Å²) >= 11 is 1.91. The van der Waals surface area contributed by atoms with E-state index in [2.05, 4.69) is 16.6 Å². The second kappa shape index (κ2) is 6.09. The lowest BCUT2D eigenvalue weighted by molar-refractivity contribution is 0.0995. The molecule has 2 rings (SSSR count). The molecule has 0 saturated heterocycles. The van der Waals surface area contributed by atoms with Crippen LogP contribution in [0.15, 0.2) is 18.3 Å². The van der Waals surface area contributed by atoms with Crippen molar-refractivity contribution < 1.29 is 4.79 Å². The van der Waals surface area contributed by atoms with Gasteiger partial charge in [0.15, 0.2) is 0 Å². The number of amides is 1. The van der Waals surface area contributed by atoms with Gasteiger partial charge in [-0.1, -0.05) is 12.8 Å². The standard InChI is InChI=1S/C13H19N3OS/c1-18-12-5-3-2-4-10(12)16-9-6-7-15-11(8-9)13(14)17/h6-8,10,12H,2-5H2,1H3,(H2,14,17)(H,15,16). The smallest absolute Gasteiger partial charge is 0.267 e. The second-order valence-corrected chi connectivity index (χ2v) is 5.68. The van der Waals surface area contributed by atoms with Crippen LogP contribution in [0.25, 0.3) is 0 Å². The van der Waals surface area contributed by atoms with Gasteiger partial charge in [-0.05, 0) is 31.2 Å². The van der Waals surface area contributed by atoms with Crippen molar-refractivity contribution in [2.45, 2.75) is 37.0 Å². The SMILES string of the molecule is CSC1CCCCC1Nc1ccnc(C(N)=O)c1. The van der Waals surface area contributed by atoms with Crippen LogP contribution in [0.4, 0.5) is 5.69 Å². The summed E-state index contributed by atoms with van der Waals surface area (Å²) in [6.07, 6.45) is 8.80. The summed E-state index contributed by atoms with van der Waals surface area (Å²) in [5.74, 6) is -0.483. The Labute approximate surface area is 112 Å². The van der Waals surface area contributed by atoms with Gasteiger partial charge >= 0.3 is 0 Å². The first-order valence-electron chi connectivity index (χ1n) is 6.26. The quantitative estimate of drug-likeness (QED) is 0.876. The van der Waals surface area contributed by atoms with E-state index in [4.69, 9.17) is 5.73 Å². The lowest BCUT2D eigenvalue weighted by atomic mass is 9.94. The van der Waals surface area contributed by atoms with E-state index >= 15 is 0 Å². The molecule has 2 atom stereocenters. The highest BCUT2D eigenvalue weighted by Gasteiger charge is 2.24. The molecule has 1 aliphatic carbocycles. The molecule has 0 spiro atoms. The van der Waals surface area contributed by atoms with Gasteiger partial charge in [0.25, 0.3) is 5.91 Å². The third-order valence-electron chi connectivity index (χ3n) is 3.37. The molecule has 0 aromatic carbocycles. The van der Waals surface area contributed by atoms with Gasteiger partial charge in [0.1, 0.15) is 5.69 Å². The zero-order chi connectivity index (χ0) is 13.0. The van der Waals surface area contributed by atoms with Gasteiger partial charge in [-0.15, -0.1) is 0 Å². The van der Waals surface area contributed by atoms with E-state index in [-0.39, 0.29) is 0 Å². The number of rotatable bonds is 4. The van der Waals surface area contributed by atoms with Crippen molar-refractivity contribution in [2.24, 2.45) is 5.73 Å². The molecule has 1 aliphatic rings. The predicted octanol–water partition coefficient (Wildman–Crippen LogP) is 2.27. The maximum Gasteiger partial charge on any atom is 0.267 e. The molecule has 1 saturated carbocycles. The first kappa shape index (κ1) is 13.2. The average Bonchev–Trinajstić information content (AvgIpc) is 2.39. The van der Waals surface area contributed by atoms with Crippen molar-refractivity contribution >= 4 is 23.4 Å². The lowest BCUT2D eigenvalue weighted by Crippen LogP contribution is -2.34. The van der Waals surface area contributed by atoms with Crippen molar-refractivity contribution in [1.82, 2.24) is 4.98 Å². The Hall–Kier alpha value is -1.23. The minimum atomic E-state index is -0.483. The molecular formula is C13H19N3OS. The van der Waals surface area contributed by atoms with Gasteiger partial charge in [-0.2, -0.15) is 11.8 Å². The number of hydrogen-bond donors (Lipinski definition) is 2. The van der Waals surface area contributed by atoms with Crippen molar-refractivity contribution in [3.63, 3.8) is 0 Å². The molecule has 0 radical (unpaired) electrons. The fourth-order valence-corrected chi connectivity index (χ4v) is 3.35. The first-order chi connectivity index (χ1) is 8.70. The molecule has 1 heterocycles. The predicted molar refractivity (Wildman–Crippen MR) is 75.9 cm³/mol. The van der Waals surface area contributed by atoms with Gasteiger partial charge in [0.2, 0.25) is 0 Å². The van der Waals surface area contributed by atoms with E-state index in [1.54, 1.807) is 12.3 Å². The molecule has 1 amide bonds. The Morgan fingerprint density at radius 3 is 3.00 bits per heavy atom. The summed E-state index contributed by atoms with van der Waals surface area (Å²) in [6.45, 7) is 0. The summed E-state index contributed by atoms with van der Waals surface area (Å²) in [4.78, 5) is 15.0. The summed E-state index contributed by atoms with van der Waals surface area (Å²) in [5.41, 5.74) is 6.49. The molecular weight excluding hydrogens is 246 g/mol. The van der Waals surface area contributed by atoms with E-state index in [0.717, 1.165) is 5.69 Å². The van der Waals surface area contributed by atoms with E-state index in [9.17, 15) is 4.79 Å². The third-order valence-corrected chi connectivity index (χ3v) is 4.54. The van der Waals surface area contributed by atoms with Crippen LogP contribution >= 0.6 is 11.8 Å². The Morgan fingerprint density at radius 2 is 2.28 bits per heavy atom. The minimum Gasteiger partial charge on any atom is -0.381 e. The molecule has 3 N–H and O–H groups in total.